The molecule has 0 aliphatic carbocycles. The van der Waals surface area contributed by atoms with Crippen molar-refractivity contribution in [1.29, 1.82) is 0 Å². The highest BCUT2D eigenvalue weighted by molar-refractivity contribution is 6.32. The topological polar surface area (TPSA) is 113 Å². The normalized spacial score (nSPS) is 11.5. The number of carboxylic acids is 1. The van der Waals surface area contributed by atoms with E-state index in [9.17, 15) is 14.4 Å². The van der Waals surface area contributed by atoms with E-state index in [0.29, 0.717) is 0 Å². The quantitative estimate of drug-likeness (QED) is 0.271. The van der Waals surface area contributed by atoms with Crippen LogP contribution in [0.3, 0.4) is 0 Å². The molecular formula is C5H7NO6. The Labute approximate surface area is 66.9 Å². The summed E-state index contributed by atoms with van der Waals surface area (Å²) in [4.78, 5) is 33.8. The van der Waals surface area contributed by atoms with Gasteiger partial charge >= 0.3 is 17.8 Å². The van der Waals surface area contributed by atoms with Crippen molar-refractivity contribution >= 4 is 17.8 Å². The molecule has 68 valence electrons. The van der Waals surface area contributed by atoms with E-state index in [1.165, 1.54) is 0 Å². The van der Waals surface area contributed by atoms with Crippen LogP contribution in [0.2, 0.25) is 0 Å². The minimum atomic E-state index is -1.55. The Bertz CT molecular complexity index is 212. The Morgan fingerprint density at radius 2 is 1.92 bits per heavy atom. The van der Waals surface area contributed by atoms with Gasteiger partial charge in [0.15, 0.2) is 0 Å². The van der Waals surface area contributed by atoms with Crippen LogP contribution in [-0.4, -0.2) is 34.3 Å². The number of hydrogen-bond donors (Lipinski definition) is 3. The fourth-order valence-electron chi connectivity index (χ4n) is 0.359. The van der Waals surface area contributed by atoms with Crippen LogP contribution >= 0.6 is 0 Å². The molecule has 0 rings (SSSR count). The summed E-state index contributed by atoms with van der Waals surface area (Å²) in [5.41, 5.74) is 0. The first-order valence-electron chi connectivity index (χ1n) is 2.88. The largest absolute Gasteiger partial charge is 0.480 e. The van der Waals surface area contributed by atoms with Crippen molar-refractivity contribution in [2.45, 2.75) is 13.0 Å². The van der Waals surface area contributed by atoms with E-state index < -0.39 is 23.9 Å². The monoisotopic (exact) mass is 177 g/mol. The van der Waals surface area contributed by atoms with Crippen molar-refractivity contribution in [3.05, 3.63) is 0 Å². The summed E-state index contributed by atoms with van der Waals surface area (Å²) in [5, 5.41) is 17.7. The smallest absolute Gasteiger partial charge is 0.429 e. The van der Waals surface area contributed by atoms with Crippen LogP contribution in [0.15, 0.2) is 0 Å². The number of amides is 1. The minimum Gasteiger partial charge on any atom is -0.480 e. The Morgan fingerprint density at radius 3 is 2.25 bits per heavy atom. The average Bonchev–Trinajstić information content (AvgIpc) is 2.02. The van der Waals surface area contributed by atoms with Gasteiger partial charge in [-0.2, -0.15) is 5.26 Å². The first-order valence-corrected chi connectivity index (χ1v) is 2.88. The van der Waals surface area contributed by atoms with Gasteiger partial charge in [0.2, 0.25) is 0 Å². The molecule has 0 aromatic rings. The van der Waals surface area contributed by atoms with Gasteiger partial charge in [0.05, 0.1) is 0 Å². The van der Waals surface area contributed by atoms with Crippen molar-refractivity contribution in [2.24, 2.45) is 0 Å². The molecule has 0 aliphatic heterocycles. The zero-order chi connectivity index (χ0) is 9.72. The van der Waals surface area contributed by atoms with Crippen LogP contribution in [0.4, 0.5) is 0 Å². The van der Waals surface area contributed by atoms with E-state index in [4.69, 9.17) is 10.4 Å². The second kappa shape index (κ2) is 4.29. The van der Waals surface area contributed by atoms with E-state index in [1.807, 2.05) is 0 Å². The van der Waals surface area contributed by atoms with Gasteiger partial charge in [-0.3, -0.25) is 14.5 Å². The highest BCUT2D eigenvalue weighted by Crippen LogP contribution is 1.82. The van der Waals surface area contributed by atoms with Gasteiger partial charge in [0.25, 0.3) is 0 Å². The zero-order valence-electron chi connectivity index (χ0n) is 6.10. The SMILES string of the molecule is CC(NC(=O)C(=O)OO)C(=O)O. The Kier molecular flexibility index (Phi) is 3.71. The fourth-order valence-corrected chi connectivity index (χ4v) is 0.359. The number of carbonyl (C=O) groups excluding carboxylic acids is 2. The highest BCUT2D eigenvalue weighted by Gasteiger charge is 2.20. The van der Waals surface area contributed by atoms with Crippen LogP contribution in [0.1, 0.15) is 6.92 Å². The number of aliphatic carboxylic acids is 1. The molecule has 0 heterocycles. The van der Waals surface area contributed by atoms with Crippen LogP contribution in [-0.2, 0) is 19.3 Å². The third kappa shape index (κ3) is 2.97. The molecule has 7 heteroatoms. The fraction of sp³-hybridized carbons (Fsp3) is 0.400. The van der Waals surface area contributed by atoms with Gasteiger partial charge in [-0.1, -0.05) is 0 Å². The lowest BCUT2D eigenvalue weighted by atomic mass is 10.3. The van der Waals surface area contributed by atoms with E-state index in [-0.39, 0.29) is 0 Å². The summed E-state index contributed by atoms with van der Waals surface area (Å²) in [6.45, 7) is 1.16. The van der Waals surface area contributed by atoms with Gasteiger partial charge < -0.3 is 10.4 Å². The van der Waals surface area contributed by atoms with Crippen molar-refractivity contribution in [2.75, 3.05) is 0 Å². The molecule has 0 saturated heterocycles. The molecule has 12 heavy (non-hydrogen) atoms. The summed E-state index contributed by atoms with van der Waals surface area (Å²) >= 11 is 0. The molecule has 0 spiro atoms. The van der Waals surface area contributed by atoms with Gasteiger partial charge in [-0.15, -0.1) is 0 Å². The molecule has 0 bridgehead atoms. The molecule has 0 aliphatic rings. The van der Waals surface area contributed by atoms with E-state index in [2.05, 4.69) is 4.89 Å². The summed E-state index contributed by atoms with van der Waals surface area (Å²) in [6.07, 6.45) is 0. The maximum absolute atomic E-state index is 10.5. The maximum Gasteiger partial charge on any atom is 0.429 e. The lowest BCUT2D eigenvalue weighted by molar-refractivity contribution is -0.232. The second-order valence-electron chi connectivity index (χ2n) is 1.91. The molecule has 0 aromatic heterocycles. The molecule has 0 fully saturated rings. The average molecular weight is 177 g/mol. The second-order valence-corrected chi connectivity index (χ2v) is 1.91. The Morgan fingerprint density at radius 1 is 1.42 bits per heavy atom. The third-order valence-electron chi connectivity index (χ3n) is 0.986. The van der Waals surface area contributed by atoms with Crippen molar-refractivity contribution in [1.82, 2.24) is 5.32 Å². The highest BCUT2D eigenvalue weighted by atomic mass is 17.1. The van der Waals surface area contributed by atoms with E-state index in [0.717, 1.165) is 6.92 Å². The predicted octanol–water partition coefficient (Wildman–Crippen LogP) is -1.41. The molecule has 3 N–H and O–H groups in total. The van der Waals surface area contributed by atoms with Crippen molar-refractivity contribution < 1.29 is 29.6 Å². The standard InChI is InChI=1S/C5H7NO6/c1-2(4(8)9)6-3(7)5(10)12-11/h2,11H,1H3,(H,6,7)(H,8,9). The minimum absolute atomic E-state index is 1.16. The summed E-state index contributed by atoms with van der Waals surface area (Å²) in [7, 11) is 0. The molecule has 1 atom stereocenters. The molecule has 7 nitrogen and oxygen atoms in total. The first-order chi connectivity index (χ1) is 5.49. The molecule has 0 radical (unpaired) electrons. The predicted molar refractivity (Wildman–Crippen MR) is 34.0 cm³/mol. The van der Waals surface area contributed by atoms with Gasteiger partial charge in [0.1, 0.15) is 6.04 Å². The Hall–Kier alpha value is -1.63. The van der Waals surface area contributed by atoms with Gasteiger partial charge in [0, 0.05) is 0 Å². The number of carbonyl (C=O) groups is 3. The number of carboxylic acid groups (broad SMARTS) is 1. The maximum atomic E-state index is 10.5. The number of nitrogens with one attached hydrogen (secondary N) is 1. The molecule has 0 aromatic carbocycles. The lowest BCUT2D eigenvalue weighted by Crippen LogP contribution is -2.42. The first kappa shape index (κ1) is 10.4. The summed E-state index contributed by atoms with van der Waals surface area (Å²) in [6, 6.07) is -1.21. The van der Waals surface area contributed by atoms with Crippen LogP contribution in [0.5, 0.6) is 0 Å². The van der Waals surface area contributed by atoms with E-state index >= 15 is 0 Å². The van der Waals surface area contributed by atoms with Crippen LogP contribution in [0, 0.1) is 0 Å². The molecule has 0 saturated carbocycles. The molecule has 1 amide bonds. The molecule has 1 unspecified atom stereocenters. The van der Waals surface area contributed by atoms with Crippen molar-refractivity contribution in [3.8, 4) is 0 Å². The van der Waals surface area contributed by atoms with Crippen LogP contribution in [0.25, 0.3) is 0 Å². The molecular weight excluding hydrogens is 170 g/mol. The van der Waals surface area contributed by atoms with Gasteiger partial charge in [-0.05, 0) is 6.92 Å². The lowest BCUT2D eigenvalue weighted by Gasteiger charge is -2.05. The number of rotatable bonds is 2. The Balaban J connectivity index is 4.01. The van der Waals surface area contributed by atoms with Crippen LogP contribution < -0.4 is 5.32 Å². The van der Waals surface area contributed by atoms with E-state index in [1.54, 1.807) is 5.32 Å². The number of hydrogen-bond acceptors (Lipinski definition) is 5. The zero-order valence-corrected chi connectivity index (χ0v) is 6.10. The van der Waals surface area contributed by atoms with Gasteiger partial charge in [-0.25, -0.2) is 4.79 Å². The summed E-state index contributed by atoms with van der Waals surface area (Å²) < 4.78 is 0. The van der Waals surface area contributed by atoms with Crippen molar-refractivity contribution in [3.63, 3.8) is 0 Å². The summed E-state index contributed by atoms with van der Waals surface area (Å²) in [5.74, 6) is -4.16. The third-order valence-corrected chi connectivity index (χ3v) is 0.986.